The molecule has 0 spiro atoms. The number of hydrogen-bond acceptors (Lipinski definition) is 5. The molecule has 1 amide bonds. The summed E-state index contributed by atoms with van der Waals surface area (Å²) in [5.41, 5.74) is 0.837. The van der Waals surface area contributed by atoms with E-state index in [1.165, 1.54) is 16.5 Å². The van der Waals surface area contributed by atoms with Gasteiger partial charge >= 0.3 is 5.63 Å². The fraction of sp³-hybridized carbons (Fsp3) is 0.412. The molecule has 5 nitrogen and oxygen atoms in total. The number of likely N-dealkylation sites (tertiary alicyclic amines) is 1. The molecule has 6 heteroatoms. The van der Waals surface area contributed by atoms with Gasteiger partial charge in [0.05, 0.1) is 19.2 Å². The SMILES string of the molecule is Cc1cc(OC2CN(C(=O)CCc3sccc3C)C2)cc(=O)o1. The Kier molecular flexibility index (Phi) is 4.52. The summed E-state index contributed by atoms with van der Waals surface area (Å²) in [6.45, 7) is 4.92. The molecule has 1 saturated heterocycles. The summed E-state index contributed by atoms with van der Waals surface area (Å²) >= 11 is 1.70. The lowest BCUT2D eigenvalue weighted by Gasteiger charge is -2.39. The molecule has 3 heterocycles. The van der Waals surface area contributed by atoms with E-state index in [1.807, 2.05) is 0 Å². The van der Waals surface area contributed by atoms with Crippen molar-refractivity contribution in [2.45, 2.75) is 32.8 Å². The Morgan fingerprint density at radius 3 is 2.83 bits per heavy atom. The van der Waals surface area contributed by atoms with Crippen LogP contribution in [0.15, 0.2) is 32.8 Å². The number of hydrogen-bond donors (Lipinski definition) is 0. The maximum Gasteiger partial charge on any atom is 0.339 e. The van der Waals surface area contributed by atoms with Crippen LogP contribution in [0.5, 0.6) is 5.75 Å². The third-order valence-electron chi connectivity index (χ3n) is 3.90. The van der Waals surface area contributed by atoms with E-state index < -0.39 is 5.63 Å². The van der Waals surface area contributed by atoms with Crippen molar-refractivity contribution < 1.29 is 13.9 Å². The number of ether oxygens (including phenoxy) is 1. The first-order valence-electron chi connectivity index (χ1n) is 7.60. The highest BCUT2D eigenvalue weighted by Crippen LogP contribution is 2.21. The van der Waals surface area contributed by atoms with Crippen LogP contribution < -0.4 is 10.4 Å². The number of carbonyl (C=O) groups excluding carboxylic acids is 1. The minimum absolute atomic E-state index is 0.0522. The van der Waals surface area contributed by atoms with Crippen molar-refractivity contribution in [2.75, 3.05) is 13.1 Å². The second-order valence-electron chi connectivity index (χ2n) is 5.79. The number of amides is 1. The maximum atomic E-state index is 12.1. The van der Waals surface area contributed by atoms with Crippen molar-refractivity contribution in [3.63, 3.8) is 0 Å². The molecule has 0 saturated carbocycles. The molecule has 0 aromatic carbocycles. The molecule has 0 aliphatic carbocycles. The molecule has 3 rings (SSSR count). The van der Waals surface area contributed by atoms with Gasteiger partial charge in [0, 0.05) is 17.4 Å². The van der Waals surface area contributed by atoms with Crippen LogP contribution in [0, 0.1) is 13.8 Å². The van der Waals surface area contributed by atoms with Crippen LogP contribution in [-0.2, 0) is 11.2 Å². The minimum atomic E-state index is -0.418. The standard InChI is InChI=1S/C17H19NO4S/c1-11-5-6-23-15(11)3-4-16(19)18-9-14(10-18)22-13-7-12(2)21-17(20)8-13/h5-8,14H,3-4,9-10H2,1-2H3. The Morgan fingerprint density at radius 1 is 1.39 bits per heavy atom. The van der Waals surface area contributed by atoms with E-state index >= 15 is 0 Å². The van der Waals surface area contributed by atoms with Crippen LogP contribution >= 0.6 is 11.3 Å². The molecule has 2 aromatic heterocycles. The smallest absolute Gasteiger partial charge is 0.339 e. The van der Waals surface area contributed by atoms with Gasteiger partial charge in [-0.2, -0.15) is 0 Å². The Labute approximate surface area is 138 Å². The largest absolute Gasteiger partial charge is 0.486 e. The van der Waals surface area contributed by atoms with Gasteiger partial charge < -0.3 is 14.1 Å². The zero-order chi connectivity index (χ0) is 16.4. The average molecular weight is 333 g/mol. The summed E-state index contributed by atoms with van der Waals surface area (Å²) in [4.78, 5) is 26.5. The van der Waals surface area contributed by atoms with Crippen molar-refractivity contribution >= 4 is 17.2 Å². The number of rotatable bonds is 5. The number of thiophene rings is 1. The summed E-state index contributed by atoms with van der Waals surface area (Å²) < 4.78 is 10.6. The summed E-state index contributed by atoms with van der Waals surface area (Å²) in [7, 11) is 0. The third kappa shape index (κ3) is 3.82. The first-order valence-corrected chi connectivity index (χ1v) is 8.48. The van der Waals surface area contributed by atoms with Crippen molar-refractivity contribution in [1.29, 1.82) is 0 Å². The molecule has 0 unspecified atom stereocenters. The Balaban J connectivity index is 1.46. The van der Waals surface area contributed by atoms with Crippen LogP contribution in [0.3, 0.4) is 0 Å². The summed E-state index contributed by atoms with van der Waals surface area (Å²) in [6, 6.07) is 5.10. The Bertz CT molecular complexity index is 758. The van der Waals surface area contributed by atoms with Crippen LogP contribution in [0.25, 0.3) is 0 Å². The molecule has 0 bridgehead atoms. The number of nitrogens with zero attached hydrogens (tertiary/aromatic N) is 1. The van der Waals surface area contributed by atoms with Crippen molar-refractivity contribution in [1.82, 2.24) is 4.90 Å². The fourth-order valence-corrected chi connectivity index (χ4v) is 3.50. The zero-order valence-corrected chi connectivity index (χ0v) is 14.0. The highest BCUT2D eigenvalue weighted by molar-refractivity contribution is 7.10. The van der Waals surface area contributed by atoms with E-state index in [9.17, 15) is 9.59 Å². The first kappa shape index (κ1) is 15.8. The summed E-state index contributed by atoms with van der Waals surface area (Å²) in [5, 5.41) is 2.06. The quantitative estimate of drug-likeness (QED) is 0.844. The second-order valence-corrected chi connectivity index (χ2v) is 6.79. The molecule has 0 radical (unpaired) electrons. The lowest BCUT2D eigenvalue weighted by molar-refractivity contribution is -0.139. The molecule has 1 aliphatic rings. The Morgan fingerprint density at radius 2 is 2.17 bits per heavy atom. The van der Waals surface area contributed by atoms with Crippen molar-refractivity contribution in [2.24, 2.45) is 0 Å². The van der Waals surface area contributed by atoms with Gasteiger partial charge in [0.15, 0.2) is 0 Å². The van der Waals surface area contributed by atoms with E-state index in [2.05, 4.69) is 18.4 Å². The first-order chi connectivity index (χ1) is 11.0. The van der Waals surface area contributed by atoms with Gasteiger partial charge in [-0.3, -0.25) is 4.79 Å². The topological polar surface area (TPSA) is 59.8 Å². The fourth-order valence-electron chi connectivity index (χ4n) is 2.59. The molecular formula is C17H19NO4S. The van der Waals surface area contributed by atoms with Gasteiger partial charge in [-0.1, -0.05) is 0 Å². The van der Waals surface area contributed by atoms with Crippen molar-refractivity contribution in [3.8, 4) is 5.75 Å². The molecule has 122 valence electrons. The number of carbonyl (C=O) groups is 1. The molecule has 0 N–H and O–H groups in total. The zero-order valence-electron chi connectivity index (χ0n) is 13.2. The van der Waals surface area contributed by atoms with Gasteiger partial charge in [0.2, 0.25) is 5.91 Å². The van der Waals surface area contributed by atoms with Gasteiger partial charge in [-0.05, 0) is 37.3 Å². The summed E-state index contributed by atoms with van der Waals surface area (Å²) in [6.07, 6.45) is 1.27. The maximum absolute atomic E-state index is 12.1. The van der Waals surface area contributed by atoms with E-state index in [-0.39, 0.29) is 12.0 Å². The van der Waals surface area contributed by atoms with Crippen LogP contribution in [0.2, 0.25) is 0 Å². The van der Waals surface area contributed by atoms with Gasteiger partial charge in [-0.25, -0.2) is 4.79 Å². The second kappa shape index (κ2) is 6.58. The van der Waals surface area contributed by atoms with E-state index in [1.54, 1.807) is 29.2 Å². The molecule has 1 fully saturated rings. The minimum Gasteiger partial charge on any atom is -0.486 e. The highest BCUT2D eigenvalue weighted by atomic mass is 32.1. The molecule has 0 atom stereocenters. The van der Waals surface area contributed by atoms with Crippen LogP contribution in [0.1, 0.15) is 22.6 Å². The van der Waals surface area contributed by atoms with Crippen molar-refractivity contribution in [3.05, 3.63) is 50.2 Å². The predicted octanol–water partition coefficient (Wildman–Crippen LogP) is 2.54. The third-order valence-corrected chi connectivity index (χ3v) is 4.99. The summed E-state index contributed by atoms with van der Waals surface area (Å²) in [5.74, 6) is 1.18. The van der Waals surface area contributed by atoms with Crippen LogP contribution in [-0.4, -0.2) is 30.0 Å². The molecular weight excluding hydrogens is 314 g/mol. The lowest BCUT2D eigenvalue weighted by Crippen LogP contribution is -2.56. The lowest BCUT2D eigenvalue weighted by atomic mass is 10.1. The van der Waals surface area contributed by atoms with Gasteiger partial charge in [0.25, 0.3) is 0 Å². The van der Waals surface area contributed by atoms with Gasteiger partial charge in [0.1, 0.15) is 17.6 Å². The van der Waals surface area contributed by atoms with E-state index in [0.29, 0.717) is 31.0 Å². The number of aryl methyl sites for hydroxylation is 3. The normalized spacial score (nSPS) is 14.6. The average Bonchev–Trinajstić information content (AvgIpc) is 2.84. The van der Waals surface area contributed by atoms with Crippen LogP contribution in [0.4, 0.5) is 0 Å². The molecule has 2 aromatic rings. The highest BCUT2D eigenvalue weighted by Gasteiger charge is 2.32. The molecule has 23 heavy (non-hydrogen) atoms. The predicted molar refractivity (Wildman–Crippen MR) is 88.1 cm³/mol. The Hall–Kier alpha value is -2.08. The van der Waals surface area contributed by atoms with E-state index in [4.69, 9.17) is 9.15 Å². The monoisotopic (exact) mass is 333 g/mol. The van der Waals surface area contributed by atoms with Gasteiger partial charge in [-0.15, -0.1) is 11.3 Å². The molecule has 1 aliphatic heterocycles. The van der Waals surface area contributed by atoms with E-state index in [0.717, 1.165) is 6.42 Å².